The monoisotopic (exact) mass is 963 g/mol. The number of rotatable bonds is 32. The summed E-state index contributed by atoms with van der Waals surface area (Å²) in [6, 6.07) is 22.1. The van der Waals surface area contributed by atoms with Crippen LogP contribution in [0.5, 0.6) is 11.5 Å². The van der Waals surface area contributed by atoms with Crippen LogP contribution < -0.4 is 9.47 Å². The molecule has 0 heterocycles. The molecule has 0 aliphatic carbocycles. The van der Waals surface area contributed by atoms with Crippen molar-refractivity contribution in [1.82, 2.24) is 0 Å². The van der Waals surface area contributed by atoms with Gasteiger partial charge in [-0.2, -0.15) is 0 Å². The largest absolute Gasteiger partial charge is 0.494 e. The Labute approximate surface area is 415 Å². The molecule has 0 aliphatic heterocycles. The summed E-state index contributed by atoms with van der Waals surface area (Å²) in [6.07, 6.45) is 17.1. The minimum absolute atomic E-state index is 0.116. The lowest BCUT2D eigenvalue weighted by molar-refractivity contribution is -0.173. The van der Waals surface area contributed by atoms with Crippen LogP contribution in [0, 0.1) is 0 Å². The summed E-state index contributed by atoms with van der Waals surface area (Å²) < 4.78 is 45.0. The molecular formula is C58H74O12. The molecule has 0 saturated carbocycles. The third-order valence-electron chi connectivity index (χ3n) is 10.2. The molecule has 378 valence electrons. The SMILES string of the molecule is C=CC.C=CCOCCOC(C)(OC(=O)c1ccc2cc(OCCCCCCOC(=O)C=C)ccc2c1)C(=C)C/C=C\C(=C/C)OC(=O)c1ccc2cc(OCCCCCCOC=O)ccc2c1.CC. The zero-order valence-corrected chi connectivity index (χ0v) is 42.0. The normalized spacial score (nSPS) is 11.7. The molecule has 4 aromatic rings. The van der Waals surface area contributed by atoms with E-state index in [0.29, 0.717) is 62.0 Å². The molecule has 70 heavy (non-hydrogen) atoms. The molecule has 0 N–H and O–H groups in total. The summed E-state index contributed by atoms with van der Waals surface area (Å²) in [5, 5.41) is 3.52. The van der Waals surface area contributed by atoms with E-state index in [1.807, 2.05) is 69.3 Å². The van der Waals surface area contributed by atoms with Crippen LogP contribution in [0.1, 0.15) is 113 Å². The van der Waals surface area contributed by atoms with E-state index in [4.69, 9.17) is 37.9 Å². The van der Waals surface area contributed by atoms with Crippen LogP contribution in [0.25, 0.3) is 21.5 Å². The number of unbranched alkanes of at least 4 members (excludes halogenated alkanes) is 6. The number of hydrogen-bond donors (Lipinski definition) is 0. The van der Waals surface area contributed by atoms with Crippen molar-refractivity contribution in [3.63, 3.8) is 0 Å². The van der Waals surface area contributed by atoms with Crippen molar-refractivity contribution >= 4 is 45.9 Å². The van der Waals surface area contributed by atoms with E-state index in [1.54, 1.807) is 68.5 Å². The molecule has 1 unspecified atom stereocenters. The second-order valence-electron chi connectivity index (χ2n) is 15.6. The molecule has 0 saturated heterocycles. The van der Waals surface area contributed by atoms with Gasteiger partial charge >= 0.3 is 17.9 Å². The first kappa shape index (κ1) is 59.4. The quantitative estimate of drug-likeness (QED) is 0.00529. The summed E-state index contributed by atoms with van der Waals surface area (Å²) >= 11 is 0. The van der Waals surface area contributed by atoms with Gasteiger partial charge < -0.3 is 37.9 Å². The Hall–Kier alpha value is -6.76. The number of hydrogen-bond acceptors (Lipinski definition) is 12. The molecule has 4 aromatic carbocycles. The zero-order valence-electron chi connectivity index (χ0n) is 42.0. The molecule has 0 aliphatic rings. The van der Waals surface area contributed by atoms with Crippen LogP contribution in [0.15, 0.2) is 147 Å². The fourth-order valence-electron chi connectivity index (χ4n) is 6.50. The summed E-state index contributed by atoms with van der Waals surface area (Å²) in [5.41, 5.74) is 1.17. The van der Waals surface area contributed by atoms with E-state index >= 15 is 0 Å². The maximum atomic E-state index is 13.7. The second-order valence-corrected chi connectivity index (χ2v) is 15.6. The Morgan fingerprint density at radius 2 is 1.16 bits per heavy atom. The van der Waals surface area contributed by atoms with E-state index in [1.165, 1.54) is 0 Å². The van der Waals surface area contributed by atoms with E-state index in [9.17, 15) is 19.2 Å². The Kier molecular flexibility index (Phi) is 30.0. The maximum Gasteiger partial charge on any atom is 0.343 e. The van der Waals surface area contributed by atoms with Gasteiger partial charge in [0.1, 0.15) is 17.3 Å². The third kappa shape index (κ3) is 22.6. The van der Waals surface area contributed by atoms with Gasteiger partial charge in [0.25, 0.3) is 6.47 Å². The molecule has 0 bridgehead atoms. The van der Waals surface area contributed by atoms with Crippen LogP contribution in [-0.2, 0) is 38.0 Å². The maximum absolute atomic E-state index is 13.7. The number of benzene rings is 4. The minimum Gasteiger partial charge on any atom is -0.494 e. The molecular weight excluding hydrogens is 889 g/mol. The fourth-order valence-corrected chi connectivity index (χ4v) is 6.50. The molecule has 12 nitrogen and oxygen atoms in total. The van der Waals surface area contributed by atoms with Gasteiger partial charge in [-0.25, -0.2) is 14.4 Å². The molecule has 0 radical (unpaired) electrons. The third-order valence-corrected chi connectivity index (χ3v) is 10.2. The van der Waals surface area contributed by atoms with Gasteiger partial charge in [0.15, 0.2) is 0 Å². The highest BCUT2D eigenvalue weighted by Gasteiger charge is 2.33. The van der Waals surface area contributed by atoms with Crippen molar-refractivity contribution in [2.24, 2.45) is 0 Å². The first-order valence-electron chi connectivity index (χ1n) is 24.0. The van der Waals surface area contributed by atoms with Gasteiger partial charge in [-0.3, -0.25) is 4.79 Å². The highest BCUT2D eigenvalue weighted by atomic mass is 16.7. The fraction of sp³-hybridized carbons (Fsp3) is 0.379. The topological polar surface area (TPSA) is 142 Å². The smallest absolute Gasteiger partial charge is 0.343 e. The zero-order chi connectivity index (χ0) is 51.4. The summed E-state index contributed by atoms with van der Waals surface area (Å²) in [7, 11) is 0. The number of esters is 3. The highest BCUT2D eigenvalue weighted by Crippen LogP contribution is 2.29. The van der Waals surface area contributed by atoms with Gasteiger partial charge in [0.2, 0.25) is 5.79 Å². The van der Waals surface area contributed by atoms with Gasteiger partial charge in [-0.1, -0.05) is 69.5 Å². The average Bonchev–Trinajstić information content (AvgIpc) is 3.37. The van der Waals surface area contributed by atoms with Crippen molar-refractivity contribution in [2.75, 3.05) is 46.2 Å². The van der Waals surface area contributed by atoms with E-state index < -0.39 is 23.7 Å². The highest BCUT2D eigenvalue weighted by molar-refractivity contribution is 5.97. The first-order valence-corrected chi connectivity index (χ1v) is 24.0. The average molecular weight is 963 g/mol. The Morgan fingerprint density at radius 1 is 0.643 bits per heavy atom. The van der Waals surface area contributed by atoms with Crippen molar-refractivity contribution in [3.8, 4) is 11.5 Å². The number of fused-ring (bicyclic) bond motifs is 2. The van der Waals surface area contributed by atoms with Gasteiger partial charge in [0.05, 0.1) is 57.4 Å². The van der Waals surface area contributed by atoms with Gasteiger partial charge in [0, 0.05) is 13.0 Å². The predicted octanol–water partition coefficient (Wildman–Crippen LogP) is 13.3. The van der Waals surface area contributed by atoms with E-state index in [0.717, 1.165) is 90.5 Å². The minimum atomic E-state index is -1.53. The predicted molar refractivity (Wildman–Crippen MR) is 279 cm³/mol. The van der Waals surface area contributed by atoms with Crippen LogP contribution in [-0.4, -0.2) is 76.4 Å². The molecule has 12 heteroatoms. The first-order chi connectivity index (χ1) is 34.0. The van der Waals surface area contributed by atoms with Crippen molar-refractivity contribution in [1.29, 1.82) is 0 Å². The van der Waals surface area contributed by atoms with Crippen molar-refractivity contribution < 1.29 is 57.1 Å². The molecule has 0 fully saturated rings. The lowest BCUT2D eigenvalue weighted by Crippen LogP contribution is -2.38. The van der Waals surface area contributed by atoms with Crippen LogP contribution >= 0.6 is 0 Å². The Bertz CT molecular complexity index is 2330. The summed E-state index contributed by atoms with van der Waals surface area (Å²) in [4.78, 5) is 48.3. The Morgan fingerprint density at radius 3 is 1.69 bits per heavy atom. The number of ether oxygens (including phenoxy) is 8. The second kappa shape index (κ2) is 35.4. The lowest BCUT2D eigenvalue weighted by atomic mass is 10.0. The summed E-state index contributed by atoms with van der Waals surface area (Å²) in [6.45, 7) is 27.0. The van der Waals surface area contributed by atoms with Gasteiger partial charge in [-0.05, 0) is 159 Å². The molecule has 0 spiro atoms. The number of carbonyl (C=O) groups excluding carboxylic acids is 4. The van der Waals surface area contributed by atoms with Crippen LogP contribution in [0.4, 0.5) is 0 Å². The van der Waals surface area contributed by atoms with Crippen molar-refractivity contribution in [3.05, 3.63) is 158 Å². The van der Waals surface area contributed by atoms with E-state index in [-0.39, 0.29) is 19.6 Å². The number of allylic oxidation sites excluding steroid dienone is 4. The van der Waals surface area contributed by atoms with Crippen LogP contribution in [0.2, 0.25) is 0 Å². The lowest BCUT2D eigenvalue weighted by Gasteiger charge is -2.31. The summed E-state index contributed by atoms with van der Waals surface area (Å²) in [5.74, 6) is -1.26. The Balaban J connectivity index is 0.00000323. The number of carbonyl (C=O) groups is 4. The molecule has 4 rings (SSSR count). The van der Waals surface area contributed by atoms with Crippen LogP contribution in [0.3, 0.4) is 0 Å². The van der Waals surface area contributed by atoms with Crippen molar-refractivity contribution in [2.45, 2.75) is 98.2 Å². The molecule has 0 aromatic heterocycles. The standard InChI is InChI=1S/C53H62O12.C3H6.C2H6/c1-6-28-58-33-34-63-53(5,65-52(57)46-23-21-44-38-49(27-25-42(44)36-46)61-31-15-11-12-16-32-62-50(55)8-3)40(4)18-17-19-47(7-2)64-51(56)45-22-20-43-37-48(26-24-41(43)35-45)60-30-14-10-9-13-29-59-39-54;1-3-2;1-2/h6-8,17,19-27,35-39H,1,3-4,9-16,18,28-34H2,2,5H3;3H,1H2,2H3;1-2H3/b19-17-,47-7+;;. The molecule has 0 amide bonds. The van der Waals surface area contributed by atoms with E-state index in [2.05, 4.69) is 26.3 Å². The van der Waals surface area contributed by atoms with Gasteiger partial charge in [-0.15, -0.1) is 13.2 Å². The molecule has 1 atom stereocenters.